The summed E-state index contributed by atoms with van der Waals surface area (Å²) in [5.41, 5.74) is 0.961. The average molecular weight is 545 g/mol. The number of ether oxygens (including phenoxy) is 1. The first-order valence-corrected chi connectivity index (χ1v) is 13.8. The number of benzene rings is 1. The zero-order valence-corrected chi connectivity index (χ0v) is 22.6. The Balaban J connectivity index is 1.62. The molecule has 38 heavy (non-hydrogen) atoms. The zero-order valence-electron chi connectivity index (χ0n) is 21.8. The second-order valence-electron chi connectivity index (χ2n) is 10.4. The van der Waals surface area contributed by atoms with Gasteiger partial charge >= 0.3 is 11.9 Å². The second-order valence-corrected chi connectivity index (χ2v) is 12.1. The molecule has 0 radical (unpaired) electrons. The summed E-state index contributed by atoms with van der Waals surface area (Å²) in [5.74, 6) is -1.37. The number of hydrogen-bond donors (Lipinski definition) is 2. The number of carboxylic acids is 1. The maximum atomic E-state index is 13.1. The highest BCUT2D eigenvalue weighted by Crippen LogP contribution is 2.27. The van der Waals surface area contributed by atoms with Gasteiger partial charge in [-0.05, 0) is 52.7 Å². The number of carbonyl (C=O) groups is 2. The third-order valence-electron chi connectivity index (χ3n) is 6.22. The number of hydrogen-bond acceptors (Lipinski definition) is 9. The van der Waals surface area contributed by atoms with Crippen molar-refractivity contribution in [3.05, 3.63) is 42.5 Å². The number of nitrogens with zero attached hydrogens (tertiary/aromatic N) is 5. The molecule has 2 N–H and O–H groups in total. The van der Waals surface area contributed by atoms with Crippen LogP contribution in [-0.4, -0.2) is 69.7 Å². The van der Waals surface area contributed by atoms with Crippen LogP contribution in [0.2, 0.25) is 0 Å². The Morgan fingerprint density at radius 2 is 1.79 bits per heavy atom. The Morgan fingerprint density at radius 1 is 1.13 bits per heavy atom. The number of aryl methyl sites for hydroxylation is 1. The molecule has 204 valence electrons. The van der Waals surface area contributed by atoms with Gasteiger partial charge in [0.15, 0.2) is 17.0 Å². The number of fused-ring (bicyclic) bond motifs is 1. The van der Waals surface area contributed by atoms with Crippen LogP contribution in [0.5, 0.6) is 0 Å². The molecule has 3 aromatic rings. The number of aliphatic carboxylic acids is 1. The lowest BCUT2D eigenvalue weighted by Gasteiger charge is -2.30. The zero-order chi connectivity index (χ0) is 27.7. The lowest BCUT2D eigenvalue weighted by molar-refractivity contribution is -0.157. The summed E-state index contributed by atoms with van der Waals surface area (Å²) >= 11 is 0. The van der Waals surface area contributed by atoms with E-state index < -0.39 is 39.5 Å². The normalized spacial score (nSPS) is 15.9. The van der Waals surface area contributed by atoms with Crippen LogP contribution < -0.4 is 9.62 Å². The smallest absolute Gasteiger partial charge is 0.326 e. The molecule has 4 rings (SSSR count). The van der Waals surface area contributed by atoms with Crippen molar-refractivity contribution in [2.45, 2.75) is 63.6 Å². The molecular formula is C25H32N6O6S. The summed E-state index contributed by atoms with van der Waals surface area (Å²) in [4.78, 5) is 39.6. The fourth-order valence-corrected chi connectivity index (χ4v) is 5.45. The van der Waals surface area contributed by atoms with E-state index in [2.05, 4.69) is 19.7 Å². The van der Waals surface area contributed by atoms with Crippen LogP contribution in [-0.2, 0) is 30.9 Å². The maximum absolute atomic E-state index is 13.1. The van der Waals surface area contributed by atoms with E-state index in [0.717, 1.165) is 5.56 Å². The molecule has 0 saturated carbocycles. The first kappa shape index (κ1) is 27.5. The molecule has 1 fully saturated rings. The van der Waals surface area contributed by atoms with E-state index in [1.807, 2.05) is 11.8 Å². The van der Waals surface area contributed by atoms with Gasteiger partial charge in [-0.1, -0.05) is 17.7 Å². The molecule has 12 nitrogen and oxygen atoms in total. The van der Waals surface area contributed by atoms with Crippen molar-refractivity contribution in [1.82, 2.24) is 24.2 Å². The largest absolute Gasteiger partial charge is 0.481 e. The number of imidazole rings is 1. The van der Waals surface area contributed by atoms with Gasteiger partial charge in [-0.25, -0.2) is 23.4 Å². The lowest BCUT2D eigenvalue weighted by atomic mass is 9.97. The highest BCUT2D eigenvalue weighted by atomic mass is 32.2. The van der Waals surface area contributed by atoms with Crippen LogP contribution in [0.3, 0.4) is 0 Å². The summed E-state index contributed by atoms with van der Waals surface area (Å²) in [5, 5.41) is 9.29. The van der Waals surface area contributed by atoms with Gasteiger partial charge in [-0.15, -0.1) is 0 Å². The average Bonchev–Trinajstić information content (AvgIpc) is 3.25. The van der Waals surface area contributed by atoms with Crippen LogP contribution in [0, 0.1) is 12.8 Å². The summed E-state index contributed by atoms with van der Waals surface area (Å²) in [6.45, 7) is 7.86. The number of rotatable bonds is 8. The molecule has 0 aliphatic carbocycles. The van der Waals surface area contributed by atoms with Gasteiger partial charge in [-0.3, -0.25) is 9.59 Å². The van der Waals surface area contributed by atoms with E-state index in [0.29, 0.717) is 42.9 Å². The maximum Gasteiger partial charge on any atom is 0.326 e. The number of sulfonamides is 1. The van der Waals surface area contributed by atoms with Gasteiger partial charge in [0.1, 0.15) is 18.0 Å². The molecular weight excluding hydrogens is 512 g/mol. The van der Waals surface area contributed by atoms with Crippen LogP contribution in [0.25, 0.3) is 11.2 Å². The number of carbonyl (C=O) groups excluding carboxylic acids is 1. The Morgan fingerprint density at radius 3 is 2.39 bits per heavy atom. The van der Waals surface area contributed by atoms with Crippen molar-refractivity contribution in [1.29, 1.82) is 0 Å². The third-order valence-corrected chi connectivity index (χ3v) is 7.71. The van der Waals surface area contributed by atoms with Crippen LogP contribution in [0.15, 0.2) is 41.8 Å². The predicted octanol–water partition coefficient (Wildman–Crippen LogP) is 2.12. The molecule has 1 aliphatic heterocycles. The Kier molecular flexibility index (Phi) is 7.70. The lowest BCUT2D eigenvalue weighted by Crippen LogP contribution is -2.46. The van der Waals surface area contributed by atoms with Crippen molar-refractivity contribution in [2.24, 2.45) is 5.92 Å². The summed E-state index contributed by atoms with van der Waals surface area (Å²) in [6.07, 6.45) is 3.83. The van der Waals surface area contributed by atoms with Crippen molar-refractivity contribution in [3.63, 3.8) is 0 Å². The number of esters is 1. The minimum absolute atomic E-state index is 0.0292. The molecule has 1 aliphatic rings. The second kappa shape index (κ2) is 10.7. The Hall–Kier alpha value is -3.58. The minimum Gasteiger partial charge on any atom is -0.481 e. The standard InChI is InChI=1S/C25H32N6O6S/c1-16-5-7-18(8-6-16)38(35,36)29-19(24(34)37-25(2,3)4)13-31-15-28-20-21(26-14-27-22(20)31)30-11-9-17(10-12-30)23(32)33/h5-8,14-15,17,19,29H,9-13H2,1-4H3,(H,32,33)/t19-/m0/s1. The van der Waals surface area contributed by atoms with Gasteiger partial charge in [0.2, 0.25) is 10.0 Å². The Labute approximate surface area is 221 Å². The number of anilines is 1. The molecule has 13 heteroatoms. The molecule has 0 unspecified atom stereocenters. The number of carboxylic acid groups (broad SMARTS) is 1. The molecule has 0 bridgehead atoms. The summed E-state index contributed by atoms with van der Waals surface area (Å²) < 4.78 is 35.9. The van der Waals surface area contributed by atoms with Crippen molar-refractivity contribution in [2.75, 3.05) is 18.0 Å². The number of piperidine rings is 1. The first-order chi connectivity index (χ1) is 17.8. The van der Waals surface area contributed by atoms with E-state index in [1.165, 1.54) is 24.8 Å². The number of nitrogens with one attached hydrogen (secondary N) is 1. The number of aromatic nitrogens is 4. The van der Waals surface area contributed by atoms with E-state index >= 15 is 0 Å². The molecule has 0 spiro atoms. The van der Waals surface area contributed by atoms with Crippen molar-refractivity contribution >= 4 is 38.9 Å². The van der Waals surface area contributed by atoms with E-state index in [1.54, 1.807) is 37.5 Å². The van der Waals surface area contributed by atoms with E-state index in [4.69, 9.17) is 4.74 Å². The van der Waals surface area contributed by atoms with Crippen LogP contribution >= 0.6 is 0 Å². The van der Waals surface area contributed by atoms with Crippen LogP contribution in [0.1, 0.15) is 39.2 Å². The molecule has 3 heterocycles. The SMILES string of the molecule is Cc1ccc(S(=O)(=O)N[C@@H](Cn2cnc3c(N4CCC(C(=O)O)CC4)ncnc32)C(=O)OC(C)(C)C)cc1. The first-order valence-electron chi connectivity index (χ1n) is 12.3. The molecule has 0 amide bonds. The molecule has 1 aromatic carbocycles. The van der Waals surface area contributed by atoms with Gasteiger partial charge < -0.3 is 19.3 Å². The fourth-order valence-electron chi connectivity index (χ4n) is 4.27. The molecule has 1 atom stereocenters. The van der Waals surface area contributed by atoms with Gasteiger partial charge in [0.05, 0.1) is 23.7 Å². The minimum atomic E-state index is -4.04. The van der Waals surface area contributed by atoms with Crippen molar-refractivity contribution in [3.8, 4) is 0 Å². The summed E-state index contributed by atoms with van der Waals surface area (Å²) in [6, 6.07) is 5.05. The highest BCUT2D eigenvalue weighted by Gasteiger charge is 2.32. The monoisotopic (exact) mass is 544 g/mol. The topological polar surface area (TPSA) is 157 Å². The third kappa shape index (κ3) is 6.27. The van der Waals surface area contributed by atoms with E-state index in [-0.39, 0.29) is 11.4 Å². The van der Waals surface area contributed by atoms with Crippen LogP contribution in [0.4, 0.5) is 5.82 Å². The quantitative estimate of drug-likeness (QED) is 0.403. The molecule has 2 aromatic heterocycles. The van der Waals surface area contributed by atoms with Gasteiger partial charge in [0, 0.05) is 13.1 Å². The highest BCUT2D eigenvalue weighted by molar-refractivity contribution is 7.89. The molecule has 1 saturated heterocycles. The van der Waals surface area contributed by atoms with Gasteiger partial charge in [-0.2, -0.15) is 4.72 Å². The van der Waals surface area contributed by atoms with Crippen molar-refractivity contribution < 1.29 is 27.9 Å². The van der Waals surface area contributed by atoms with Gasteiger partial charge in [0.25, 0.3) is 0 Å². The Bertz CT molecular complexity index is 1420. The fraction of sp³-hybridized carbons (Fsp3) is 0.480. The summed E-state index contributed by atoms with van der Waals surface area (Å²) in [7, 11) is -4.04. The van der Waals surface area contributed by atoms with E-state index in [9.17, 15) is 23.1 Å². The predicted molar refractivity (Wildman–Crippen MR) is 139 cm³/mol.